The Balaban J connectivity index is 2.02. The van der Waals surface area contributed by atoms with Gasteiger partial charge in [0, 0.05) is 5.02 Å². The number of benzene rings is 2. The smallest absolute Gasteiger partial charge is 0.267 e. The van der Waals surface area contributed by atoms with E-state index in [9.17, 15) is 17.6 Å². The van der Waals surface area contributed by atoms with Gasteiger partial charge in [-0.25, -0.2) is 22.2 Å². The van der Waals surface area contributed by atoms with Crippen LogP contribution in [0.3, 0.4) is 0 Å². The van der Waals surface area contributed by atoms with E-state index in [0.717, 1.165) is 24.4 Å². The minimum absolute atomic E-state index is 0.287. The van der Waals surface area contributed by atoms with Crippen LogP contribution >= 0.6 is 34.5 Å². The molecule has 4 aromatic rings. The van der Waals surface area contributed by atoms with Gasteiger partial charge in [0.15, 0.2) is 9.86 Å². The highest BCUT2D eigenvalue weighted by Crippen LogP contribution is 2.28. The van der Waals surface area contributed by atoms with Crippen LogP contribution in [0.2, 0.25) is 10.0 Å². The molecule has 0 amide bonds. The lowest BCUT2D eigenvalue weighted by Crippen LogP contribution is -2.22. The standard InChI is InChI=1S/C16H7Cl2FN2O3S2/c17-8-1-4-12-13(5-8)25-16-20-7-14(15(22)21(12)16)26(23,24)9-2-3-11(19)10(18)6-9/h1-7H. The molecule has 10 heteroatoms. The van der Waals surface area contributed by atoms with Crippen LogP contribution in [-0.4, -0.2) is 17.8 Å². The van der Waals surface area contributed by atoms with Gasteiger partial charge in [-0.15, -0.1) is 0 Å². The molecule has 0 aliphatic heterocycles. The Hall–Kier alpha value is -2.00. The molecule has 0 aliphatic rings. The Morgan fingerprint density at radius 1 is 1.12 bits per heavy atom. The van der Waals surface area contributed by atoms with Crippen LogP contribution in [0.4, 0.5) is 4.39 Å². The molecule has 0 saturated heterocycles. The molecule has 2 aromatic carbocycles. The Labute approximate surface area is 160 Å². The molecule has 2 heterocycles. The highest BCUT2D eigenvalue weighted by molar-refractivity contribution is 7.91. The molecule has 0 atom stereocenters. The molecule has 5 nitrogen and oxygen atoms in total. The largest absolute Gasteiger partial charge is 0.278 e. The fourth-order valence-corrected chi connectivity index (χ4v) is 5.31. The van der Waals surface area contributed by atoms with Crippen molar-refractivity contribution in [2.24, 2.45) is 0 Å². The van der Waals surface area contributed by atoms with Crippen molar-refractivity contribution in [1.82, 2.24) is 9.38 Å². The molecule has 2 aromatic heterocycles. The minimum Gasteiger partial charge on any atom is -0.267 e. The molecule has 132 valence electrons. The third-order valence-electron chi connectivity index (χ3n) is 3.75. The first kappa shape index (κ1) is 17.4. The summed E-state index contributed by atoms with van der Waals surface area (Å²) in [5, 5.41) is 0.141. The van der Waals surface area contributed by atoms with Gasteiger partial charge in [0.1, 0.15) is 5.82 Å². The summed E-state index contributed by atoms with van der Waals surface area (Å²) >= 11 is 12.8. The lowest BCUT2D eigenvalue weighted by Gasteiger charge is -2.05. The lowest BCUT2D eigenvalue weighted by atomic mass is 10.3. The molecular weight excluding hydrogens is 422 g/mol. The van der Waals surface area contributed by atoms with Gasteiger partial charge in [0.2, 0.25) is 9.84 Å². The zero-order valence-corrected chi connectivity index (χ0v) is 15.8. The van der Waals surface area contributed by atoms with Crippen molar-refractivity contribution >= 4 is 59.6 Å². The minimum atomic E-state index is -4.22. The predicted octanol–water partition coefficient (Wildman–Crippen LogP) is 4.19. The maximum absolute atomic E-state index is 13.3. The highest BCUT2D eigenvalue weighted by Gasteiger charge is 2.25. The van der Waals surface area contributed by atoms with E-state index in [-0.39, 0.29) is 9.92 Å². The van der Waals surface area contributed by atoms with Crippen molar-refractivity contribution in [1.29, 1.82) is 0 Å². The Kier molecular flexibility index (Phi) is 4.03. The number of fused-ring (bicyclic) bond motifs is 3. The summed E-state index contributed by atoms with van der Waals surface area (Å²) in [7, 11) is -4.22. The molecule has 0 fully saturated rings. The van der Waals surface area contributed by atoms with Crippen molar-refractivity contribution in [3.05, 3.63) is 68.8 Å². The van der Waals surface area contributed by atoms with Crippen LogP contribution in [0.15, 0.2) is 57.2 Å². The normalized spacial score (nSPS) is 12.1. The van der Waals surface area contributed by atoms with Crippen LogP contribution in [-0.2, 0) is 9.84 Å². The summed E-state index contributed by atoms with van der Waals surface area (Å²) in [6.45, 7) is 0. The number of sulfone groups is 1. The first-order valence-electron chi connectivity index (χ1n) is 7.09. The number of halogens is 3. The molecular formula is C16H7Cl2FN2O3S2. The molecule has 0 N–H and O–H groups in total. The maximum Gasteiger partial charge on any atom is 0.278 e. The first-order chi connectivity index (χ1) is 12.3. The second kappa shape index (κ2) is 6.02. The van der Waals surface area contributed by atoms with Crippen LogP contribution in [0.5, 0.6) is 0 Å². The summed E-state index contributed by atoms with van der Waals surface area (Å²) in [6, 6.07) is 7.84. The summed E-state index contributed by atoms with van der Waals surface area (Å²) in [5.41, 5.74) is -0.245. The second-order valence-corrected chi connectivity index (χ2v) is 9.11. The van der Waals surface area contributed by atoms with Gasteiger partial charge in [0.25, 0.3) is 5.56 Å². The third kappa shape index (κ3) is 2.61. The Bertz CT molecular complexity index is 1360. The van der Waals surface area contributed by atoms with Crippen molar-refractivity contribution in [2.75, 3.05) is 0 Å². The molecule has 26 heavy (non-hydrogen) atoms. The molecule has 0 bridgehead atoms. The van der Waals surface area contributed by atoms with Gasteiger partial charge in [-0.05, 0) is 36.4 Å². The zero-order chi connectivity index (χ0) is 18.6. The first-order valence-corrected chi connectivity index (χ1v) is 10.1. The fourth-order valence-electron chi connectivity index (χ4n) is 2.52. The number of thiazole rings is 1. The number of hydrogen-bond acceptors (Lipinski definition) is 5. The van der Waals surface area contributed by atoms with E-state index in [1.165, 1.54) is 15.7 Å². The average molecular weight is 429 g/mol. The van der Waals surface area contributed by atoms with Crippen LogP contribution in [0.1, 0.15) is 0 Å². The van der Waals surface area contributed by atoms with Crippen LogP contribution in [0, 0.1) is 5.82 Å². The summed E-state index contributed by atoms with van der Waals surface area (Å²) in [6.07, 6.45) is 1.00. The van der Waals surface area contributed by atoms with E-state index in [1.54, 1.807) is 18.2 Å². The molecule has 4 rings (SSSR count). The van der Waals surface area contributed by atoms with Crippen molar-refractivity contribution < 1.29 is 12.8 Å². The van der Waals surface area contributed by atoms with E-state index >= 15 is 0 Å². The lowest BCUT2D eigenvalue weighted by molar-refractivity contribution is 0.593. The van der Waals surface area contributed by atoms with Gasteiger partial charge in [-0.1, -0.05) is 34.5 Å². The number of hydrogen-bond donors (Lipinski definition) is 0. The molecule has 0 saturated carbocycles. The second-order valence-electron chi connectivity index (χ2n) is 5.34. The molecule has 0 unspecified atom stereocenters. The van der Waals surface area contributed by atoms with E-state index in [2.05, 4.69) is 4.98 Å². The summed E-state index contributed by atoms with van der Waals surface area (Å²) in [5.74, 6) is -0.753. The zero-order valence-electron chi connectivity index (χ0n) is 12.6. The number of aromatic nitrogens is 2. The molecule has 0 spiro atoms. The SMILES string of the molecule is O=c1c(S(=O)(=O)c2ccc(F)c(Cl)c2)cnc2sc3cc(Cl)ccc3n12. The predicted molar refractivity (Wildman–Crippen MR) is 98.7 cm³/mol. The van der Waals surface area contributed by atoms with Gasteiger partial charge >= 0.3 is 0 Å². The van der Waals surface area contributed by atoms with Crippen molar-refractivity contribution in [2.45, 2.75) is 9.79 Å². The monoisotopic (exact) mass is 428 g/mol. The van der Waals surface area contributed by atoms with Gasteiger partial charge in [-0.2, -0.15) is 0 Å². The van der Waals surface area contributed by atoms with Gasteiger partial charge < -0.3 is 0 Å². The average Bonchev–Trinajstić information content (AvgIpc) is 2.95. The van der Waals surface area contributed by atoms with E-state index in [0.29, 0.717) is 20.2 Å². The van der Waals surface area contributed by atoms with Gasteiger partial charge in [-0.3, -0.25) is 4.79 Å². The quantitative estimate of drug-likeness (QED) is 0.448. The summed E-state index contributed by atoms with van der Waals surface area (Å²) in [4.78, 5) is 16.5. The van der Waals surface area contributed by atoms with E-state index < -0.39 is 26.1 Å². The molecule has 0 aliphatic carbocycles. The topological polar surface area (TPSA) is 68.5 Å². The molecule has 0 radical (unpaired) electrons. The fraction of sp³-hybridized carbons (Fsp3) is 0. The highest BCUT2D eigenvalue weighted by atomic mass is 35.5. The summed E-state index contributed by atoms with van der Waals surface area (Å²) < 4.78 is 40.9. The Morgan fingerprint density at radius 3 is 2.62 bits per heavy atom. The van der Waals surface area contributed by atoms with Crippen molar-refractivity contribution in [3.8, 4) is 0 Å². The third-order valence-corrected chi connectivity index (χ3v) is 7.03. The van der Waals surface area contributed by atoms with Gasteiger partial charge in [0.05, 0.1) is 26.3 Å². The van der Waals surface area contributed by atoms with Crippen LogP contribution in [0.25, 0.3) is 15.2 Å². The van der Waals surface area contributed by atoms with Crippen molar-refractivity contribution in [3.63, 3.8) is 0 Å². The maximum atomic E-state index is 13.3. The number of nitrogens with zero attached hydrogens (tertiary/aromatic N) is 2. The van der Waals surface area contributed by atoms with E-state index in [4.69, 9.17) is 23.2 Å². The van der Waals surface area contributed by atoms with E-state index in [1.807, 2.05) is 0 Å². The number of rotatable bonds is 2. The Morgan fingerprint density at radius 2 is 1.88 bits per heavy atom. The van der Waals surface area contributed by atoms with Crippen LogP contribution < -0.4 is 5.56 Å².